The van der Waals surface area contributed by atoms with Crippen LogP contribution >= 0.6 is 12.4 Å². The minimum atomic E-state index is -0.360. The van der Waals surface area contributed by atoms with Gasteiger partial charge in [0.25, 0.3) is 0 Å². The number of carbonyl (C=O) groups excluding carboxylic acids is 1. The van der Waals surface area contributed by atoms with E-state index in [4.69, 9.17) is 4.74 Å². The van der Waals surface area contributed by atoms with E-state index in [9.17, 15) is 4.79 Å². The molecule has 0 aliphatic carbocycles. The molecule has 1 aliphatic heterocycles. The lowest BCUT2D eigenvalue weighted by molar-refractivity contribution is -0.157. The van der Waals surface area contributed by atoms with Crippen LogP contribution in [-0.2, 0) is 9.53 Å². The summed E-state index contributed by atoms with van der Waals surface area (Å²) in [5.41, 5.74) is -0.360. The molecule has 0 amide bonds. The van der Waals surface area contributed by atoms with E-state index in [1.54, 1.807) is 0 Å². The molecule has 0 unspecified atom stereocenters. The highest BCUT2D eigenvalue weighted by Gasteiger charge is 2.26. The summed E-state index contributed by atoms with van der Waals surface area (Å²) in [6.07, 6.45) is 1.98. The molecule has 13 heavy (non-hydrogen) atoms. The molecule has 1 heterocycles. The molecule has 3 nitrogen and oxygen atoms in total. The van der Waals surface area contributed by atoms with Crippen LogP contribution in [0, 0.1) is 0 Å². The van der Waals surface area contributed by atoms with Crippen LogP contribution in [0.5, 0.6) is 0 Å². The fourth-order valence-electron chi connectivity index (χ4n) is 1.26. The SMILES string of the molecule is CC(C)(C)OC(=O)[C@H]1CCCN1.Cl. The zero-order valence-electron chi connectivity index (χ0n) is 8.42. The summed E-state index contributed by atoms with van der Waals surface area (Å²) >= 11 is 0. The van der Waals surface area contributed by atoms with E-state index in [-0.39, 0.29) is 30.0 Å². The number of nitrogens with one attached hydrogen (secondary N) is 1. The Balaban J connectivity index is 0.00000144. The molecular formula is C9H18ClNO2. The van der Waals surface area contributed by atoms with Crippen LogP contribution < -0.4 is 5.32 Å². The molecule has 4 heteroatoms. The smallest absolute Gasteiger partial charge is 0.323 e. The first-order valence-corrected chi connectivity index (χ1v) is 4.45. The van der Waals surface area contributed by atoms with Crippen LogP contribution in [0.1, 0.15) is 33.6 Å². The number of rotatable bonds is 1. The van der Waals surface area contributed by atoms with Crippen LogP contribution in [0.25, 0.3) is 0 Å². The van der Waals surface area contributed by atoms with Gasteiger partial charge in [-0.1, -0.05) is 0 Å². The first-order valence-electron chi connectivity index (χ1n) is 4.45. The number of ether oxygens (including phenoxy) is 1. The second-order valence-corrected chi connectivity index (χ2v) is 4.18. The minimum absolute atomic E-state index is 0. The maximum Gasteiger partial charge on any atom is 0.323 e. The molecule has 1 N–H and O–H groups in total. The van der Waals surface area contributed by atoms with Gasteiger partial charge in [-0.2, -0.15) is 0 Å². The standard InChI is InChI=1S/C9H17NO2.ClH/c1-9(2,3)12-8(11)7-5-4-6-10-7;/h7,10H,4-6H2,1-3H3;1H/t7-;/m1./s1. The molecule has 0 aromatic heterocycles. The van der Waals surface area contributed by atoms with Crippen molar-refractivity contribution in [1.82, 2.24) is 5.32 Å². The highest BCUT2D eigenvalue weighted by molar-refractivity contribution is 5.85. The van der Waals surface area contributed by atoms with Gasteiger partial charge in [-0.3, -0.25) is 4.79 Å². The normalized spacial score (nSPS) is 22.2. The zero-order valence-corrected chi connectivity index (χ0v) is 9.24. The van der Waals surface area contributed by atoms with E-state index in [1.807, 2.05) is 20.8 Å². The van der Waals surface area contributed by atoms with Gasteiger partial charge in [0.15, 0.2) is 0 Å². The summed E-state index contributed by atoms with van der Waals surface area (Å²) in [6.45, 7) is 6.60. The Morgan fingerprint density at radius 1 is 1.46 bits per heavy atom. The molecule has 1 rings (SSSR count). The topological polar surface area (TPSA) is 38.3 Å². The first-order chi connectivity index (χ1) is 5.49. The average molecular weight is 208 g/mol. The van der Waals surface area contributed by atoms with Crippen LogP contribution in [-0.4, -0.2) is 24.2 Å². The number of esters is 1. The van der Waals surface area contributed by atoms with E-state index >= 15 is 0 Å². The third kappa shape index (κ3) is 4.48. The third-order valence-electron chi connectivity index (χ3n) is 1.75. The van der Waals surface area contributed by atoms with E-state index in [0.29, 0.717) is 0 Å². The van der Waals surface area contributed by atoms with Gasteiger partial charge in [-0.05, 0) is 40.2 Å². The van der Waals surface area contributed by atoms with Gasteiger partial charge in [-0.15, -0.1) is 12.4 Å². The van der Waals surface area contributed by atoms with Crippen molar-refractivity contribution in [3.63, 3.8) is 0 Å². The maximum atomic E-state index is 11.4. The van der Waals surface area contributed by atoms with Crippen molar-refractivity contribution in [2.75, 3.05) is 6.54 Å². The van der Waals surface area contributed by atoms with Crippen LogP contribution in [0.4, 0.5) is 0 Å². The molecule has 1 fully saturated rings. The predicted octanol–water partition coefficient (Wildman–Crippen LogP) is 1.50. The number of hydrogen-bond donors (Lipinski definition) is 1. The van der Waals surface area contributed by atoms with Gasteiger partial charge in [-0.25, -0.2) is 0 Å². The minimum Gasteiger partial charge on any atom is -0.459 e. The second-order valence-electron chi connectivity index (χ2n) is 4.18. The van der Waals surface area contributed by atoms with Crippen molar-refractivity contribution >= 4 is 18.4 Å². The zero-order chi connectivity index (χ0) is 9.19. The fourth-order valence-corrected chi connectivity index (χ4v) is 1.26. The Kier molecular flexibility index (Phi) is 4.71. The molecule has 0 aromatic rings. The summed E-state index contributed by atoms with van der Waals surface area (Å²) in [5.74, 6) is -0.111. The quantitative estimate of drug-likeness (QED) is 0.663. The lowest BCUT2D eigenvalue weighted by Crippen LogP contribution is -2.37. The summed E-state index contributed by atoms with van der Waals surface area (Å²) < 4.78 is 5.22. The molecule has 0 radical (unpaired) electrons. The molecule has 78 valence electrons. The molecule has 0 saturated carbocycles. The Morgan fingerprint density at radius 2 is 2.08 bits per heavy atom. The molecule has 0 bridgehead atoms. The Bertz CT molecular complexity index is 171. The van der Waals surface area contributed by atoms with Gasteiger partial charge >= 0.3 is 5.97 Å². The number of hydrogen-bond acceptors (Lipinski definition) is 3. The predicted molar refractivity (Wildman–Crippen MR) is 54.1 cm³/mol. The van der Waals surface area contributed by atoms with Crippen molar-refractivity contribution < 1.29 is 9.53 Å². The second kappa shape index (κ2) is 4.82. The monoisotopic (exact) mass is 207 g/mol. The van der Waals surface area contributed by atoms with Gasteiger partial charge < -0.3 is 10.1 Å². The highest BCUT2D eigenvalue weighted by Crippen LogP contribution is 2.12. The number of carbonyl (C=O) groups is 1. The van der Waals surface area contributed by atoms with Crippen LogP contribution in [0.2, 0.25) is 0 Å². The highest BCUT2D eigenvalue weighted by atomic mass is 35.5. The van der Waals surface area contributed by atoms with E-state index in [1.165, 1.54) is 0 Å². The van der Waals surface area contributed by atoms with E-state index < -0.39 is 0 Å². The largest absolute Gasteiger partial charge is 0.459 e. The van der Waals surface area contributed by atoms with Crippen LogP contribution in [0.3, 0.4) is 0 Å². The molecule has 1 atom stereocenters. The van der Waals surface area contributed by atoms with Crippen molar-refractivity contribution in [1.29, 1.82) is 0 Å². The van der Waals surface area contributed by atoms with Gasteiger partial charge in [0.1, 0.15) is 11.6 Å². The fraction of sp³-hybridized carbons (Fsp3) is 0.889. The molecule has 1 saturated heterocycles. The van der Waals surface area contributed by atoms with E-state index in [2.05, 4.69) is 5.32 Å². The Labute approximate surface area is 85.6 Å². The lowest BCUT2D eigenvalue weighted by atomic mass is 10.2. The summed E-state index contributed by atoms with van der Waals surface area (Å²) in [5, 5.41) is 3.10. The molecular weight excluding hydrogens is 190 g/mol. The van der Waals surface area contributed by atoms with E-state index in [0.717, 1.165) is 19.4 Å². The summed E-state index contributed by atoms with van der Waals surface area (Å²) in [6, 6.07) is -0.0655. The van der Waals surface area contributed by atoms with Crippen molar-refractivity contribution in [3.8, 4) is 0 Å². The van der Waals surface area contributed by atoms with Gasteiger partial charge in [0, 0.05) is 0 Å². The third-order valence-corrected chi connectivity index (χ3v) is 1.75. The Hall–Kier alpha value is -0.280. The summed E-state index contributed by atoms with van der Waals surface area (Å²) in [7, 11) is 0. The van der Waals surface area contributed by atoms with Crippen molar-refractivity contribution in [3.05, 3.63) is 0 Å². The first kappa shape index (κ1) is 12.7. The number of halogens is 1. The molecule has 1 aliphatic rings. The van der Waals surface area contributed by atoms with Gasteiger partial charge in [0.05, 0.1) is 0 Å². The van der Waals surface area contributed by atoms with Crippen LogP contribution in [0.15, 0.2) is 0 Å². The van der Waals surface area contributed by atoms with Crippen molar-refractivity contribution in [2.24, 2.45) is 0 Å². The summed E-state index contributed by atoms with van der Waals surface area (Å²) in [4.78, 5) is 11.4. The Morgan fingerprint density at radius 3 is 2.46 bits per heavy atom. The average Bonchev–Trinajstić information content (AvgIpc) is 2.32. The van der Waals surface area contributed by atoms with Crippen molar-refractivity contribution in [2.45, 2.75) is 45.3 Å². The molecule has 0 spiro atoms. The maximum absolute atomic E-state index is 11.4. The molecule has 0 aromatic carbocycles. The lowest BCUT2D eigenvalue weighted by Gasteiger charge is -2.21. The van der Waals surface area contributed by atoms with Gasteiger partial charge in [0.2, 0.25) is 0 Å².